The Morgan fingerprint density at radius 2 is 2.07 bits per heavy atom. The predicted molar refractivity (Wildman–Crippen MR) is 115 cm³/mol. The van der Waals surface area contributed by atoms with Gasteiger partial charge < -0.3 is 19.8 Å². The zero-order valence-electron chi connectivity index (χ0n) is 17.2. The van der Waals surface area contributed by atoms with Crippen LogP contribution in [-0.2, 0) is 0 Å². The van der Waals surface area contributed by atoms with Crippen molar-refractivity contribution in [1.82, 2.24) is 15.8 Å². The van der Waals surface area contributed by atoms with Gasteiger partial charge in [-0.25, -0.2) is 5.43 Å². The molecule has 0 saturated carbocycles. The van der Waals surface area contributed by atoms with Crippen LogP contribution in [0.4, 0.5) is 0 Å². The smallest absolute Gasteiger partial charge is 0.255 e. The van der Waals surface area contributed by atoms with Crippen molar-refractivity contribution in [3.05, 3.63) is 71.0 Å². The van der Waals surface area contributed by atoms with E-state index < -0.39 is 0 Å². The van der Waals surface area contributed by atoms with Gasteiger partial charge in [0.05, 0.1) is 24.5 Å². The van der Waals surface area contributed by atoms with Crippen LogP contribution in [0.1, 0.15) is 45.2 Å². The third kappa shape index (κ3) is 5.04. The van der Waals surface area contributed by atoms with E-state index in [0.29, 0.717) is 18.7 Å². The number of aryl methyl sites for hydroxylation is 1. The lowest BCUT2D eigenvalue weighted by Crippen LogP contribution is -2.32. The summed E-state index contributed by atoms with van der Waals surface area (Å²) in [5.41, 5.74) is 6.84. The molecule has 0 spiro atoms. The second-order valence-electron chi connectivity index (χ2n) is 6.53. The van der Waals surface area contributed by atoms with Crippen molar-refractivity contribution in [3.63, 3.8) is 0 Å². The summed E-state index contributed by atoms with van der Waals surface area (Å²) in [6.45, 7) is 14.2. The van der Waals surface area contributed by atoms with Gasteiger partial charge in [-0.2, -0.15) is 0 Å². The summed E-state index contributed by atoms with van der Waals surface area (Å²) in [7, 11) is 0. The van der Waals surface area contributed by atoms with E-state index >= 15 is 0 Å². The minimum Gasteiger partial charge on any atom is -0.512 e. The van der Waals surface area contributed by atoms with Gasteiger partial charge in [-0.1, -0.05) is 20.4 Å². The molecule has 0 aliphatic carbocycles. The number of benzene rings is 1. The number of allylic oxidation sites excluding steroid dienone is 1. The SMILES string of the molecule is C=C(C)/C(CN1C=C(NC(=O)c2ccc3oc(C)cc3c2)CN1)=C(/C)O.CC.[HH]. The van der Waals surface area contributed by atoms with E-state index in [2.05, 4.69) is 17.3 Å². The first-order valence-electron chi connectivity index (χ1n) is 9.40. The molecule has 1 aromatic heterocycles. The summed E-state index contributed by atoms with van der Waals surface area (Å²) in [5.74, 6) is 0.889. The summed E-state index contributed by atoms with van der Waals surface area (Å²) >= 11 is 0. The lowest BCUT2D eigenvalue weighted by Gasteiger charge is -2.18. The number of carbonyl (C=O) groups excluding carboxylic acids is 1. The topological polar surface area (TPSA) is 77.7 Å². The fourth-order valence-electron chi connectivity index (χ4n) is 2.91. The molecule has 28 heavy (non-hydrogen) atoms. The zero-order chi connectivity index (χ0) is 20.8. The van der Waals surface area contributed by atoms with Crippen molar-refractivity contribution in [1.29, 1.82) is 0 Å². The highest BCUT2D eigenvalue weighted by molar-refractivity contribution is 5.98. The molecule has 0 unspecified atom stereocenters. The quantitative estimate of drug-likeness (QED) is 0.508. The number of furan rings is 1. The molecule has 1 amide bonds. The van der Waals surface area contributed by atoms with Crippen molar-refractivity contribution >= 4 is 16.9 Å². The molecule has 2 heterocycles. The average Bonchev–Trinajstić information content (AvgIpc) is 3.25. The molecule has 3 rings (SSSR count). The molecule has 1 aliphatic rings. The van der Waals surface area contributed by atoms with E-state index in [0.717, 1.165) is 33.6 Å². The van der Waals surface area contributed by atoms with Crippen LogP contribution in [0.15, 0.2) is 64.1 Å². The van der Waals surface area contributed by atoms with Crippen molar-refractivity contribution < 1.29 is 15.7 Å². The number of rotatable bonds is 5. The second kappa shape index (κ2) is 9.28. The van der Waals surface area contributed by atoms with Crippen molar-refractivity contribution in [2.75, 3.05) is 13.1 Å². The Balaban J connectivity index is 0.00000136. The Kier molecular flexibility index (Phi) is 7.06. The Morgan fingerprint density at radius 3 is 2.71 bits per heavy atom. The number of carbonyl (C=O) groups is 1. The molecule has 6 heteroatoms. The highest BCUT2D eigenvalue weighted by Crippen LogP contribution is 2.20. The summed E-state index contributed by atoms with van der Waals surface area (Å²) in [6, 6.07) is 7.28. The van der Waals surface area contributed by atoms with E-state index in [1.807, 2.05) is 51.0 Å². The van der Waals surface area contributed by atoms with Gasteiger partial charge in [0.25, 0.3) is 5.91 Å². The first-order valence-corrected chi connectivity index (χ1v) is 9.40. The van der Waals surface area contributed by atoms with Crippen molar-refractivity contribution in [2.24, 2.45) is 0 Å². The van der Waals surface area contributed by atoms with E-state index in [1.165, 1.54) is 0 Å². The molecule has 6 nitrogen and oxygen atoms in total. The monoisotopic (exact) mass is 385 g/mol. The minimum atomic E-state index is -0.172. The van der Waals surface area contributed by atoms with Crippen LogP contribution in [0.3, 0.4) is 0 Å². The van der Waals surface area contributed by atoms with Gasteiger partial charge in [0.15, 0.2) is 0 Å². The summed E-state index contributed by atoms with van der Waals surface area (Å²) in [5, 5.41) is 15.4. The fourth-order valence-corrected chi connectivity index (χ4v) is 2.91. The number of amides is 1. The standard InChI is InChI=1S/C20H23N3O3.C2H6.H2/c1-12(2)18(14(4)24)11-23-10-17(9-21-23)22-20(25)15-5-6-19-16(8-15)7-13(3)26-19;1-2;/h5-8,10,21,24H,1,9,11H2,2-4H3,(H,22,25);1-2H3;1H/b18-14-;;. The maximum absolute atomic E-state index is 12.5. The van der Waals surface area contributed by atoms with Crippen molar-refractivity contribution in [2.45, 2.75) is 34.6 Å². The first-order chi connectivity index (χ1) is 13.3. The summed E-state index contributed by atoms with van der Waals surface area (Å²) < 4.78 is 5.53. The van der Waals surface area contributed by atoms with E-state index in [4.69, 9.17) is 4.42 Å². The van der Waals surface area contributed by atoms with E-state index in [9.17, 15) is 9.90 Å². The molecule has 2 aromatic rings. The molecule has 1 aliphatic heterocycles. The van der Waals surface area contributed by atoms with Crippen LogP contribution in [-0.4, -0.2) is 29.1 Å². The van der Waals surface area contributed by atoms with Gasteiger partial charge in [0.1, 0.15) is 11.3 Å². The molecule has 0 atom stereocenters. The van der Waals surface area contributed by atoms with Crippen LogP contribution in [0.5, 0.6) is 0 Å². The Morgan fingerprint density at radius 1 is 1.36 bits per heavy atom. The van der Waals surface area contributed by atoms with Crippen LogP contribution in [0.2, 0.25) is 0 Å². The normalized spacial score (nSPS) is 14.2. The third-order valence-corrected chi connectivity index (χ3v) is 4.24. The first kappa shape index (κ1) is 21.3. The Hall–Kier alpha value is -2.99. The second-order valence-corrected chi connectivity index (χ2v) is 6.53. The van der Waals surface area contributed by atoms with Gasteiger partial charge in [0, 0.05) is 24.1 Å². The lowest BCUT2D eigenvalue weighted by atomic mass is 10.1. The highest BCUT2D eigenvalue weighted by Gasteiger charge is 2.17. The molecule has 0 fully saturated rings. The van der Waals surface area contributed by atoms with Crippen molar-refractivity contribution in [3.8, 4) is 0 Å². The number of fused-ring (bicyclic) bond motifs is 1. The van der Waals surface area contributed by atoms with Crippen LogP contribution in [0.25, 0.3) is 11.0 Å². The Labute approximate surface area is 167 Å². The number of aliphatic hydroxyl groups excluding tert-OH is 1. The Bertz CT molecular complexity index is 940. The molecule has 0 saturated heterocycles. The largest absolute Gasteiger partial charge is 0.512 e. The van der Waals surface area contributed by atoms with Gasteiger partial charge in [-0.15, -0.1) is 0 Å². The fraction of sp³-hybridized carbons (Fsp3) is 0.318. The average molecular weight is 386 g/mol. The van der Waals surface area contributed by atoms with E-state index in [1.54, 1.807) is 19.1 Å². The van der Waals surface area contributed by atoms with E-state index in [-0.39, 0.29) is 13.1 Å². The maximum Gasteiger partial charge on any atom is 0.255 e. The number of hydrogen-bond acceptors (Lipinski definition) is 5. The lowest BCUT2D eigenvalue weighted by molar-refractivity contribution is 0.0965. The number of hydrazine groups is 1. The number of aliphatic hydroxyl groups is 1. The molecule has 0 bridgehead atoms. The van der Waals surface area contributed by atoms with Crippen LogP contribution in [0, 0.1) is 6.92 Å². The summed E-state index contributed by atoms with van der Waals surface area (Å²) in [6.07, 6.45) is 1.82. The van der Waals surface area contributed by atoms with Crippen LogP contribution < -0.4 is 10.7 Å². The summed E-state index contributed by atoms with van der Waals surface area (Å²) in [4.78, 5) is 12.5. The predicted octanol–water partition coefficient (Wildman–Crippen LogP) is 4.81. The molecular weight excluding hydrogens is 354 g/mol. The molecule has 3 N–H and O–H groups in total. The van der Waals surface area contributed by atoms with Gasteiger partial charge >= 0.3 is 0 Å². The number of nitrogens with zero attached hydrogens (tertiary/aromatic N) is 1. The number of nitrogens with one attached hydrogen (secondary N) is 2. The zero-order valence-corrected chi connectivity index (χ0v) is 17.2. The molecule has 0 radical (unpaired) electrons. The van der Waals surface area contributed by atoms with Gasteiger partial charge in [0.2, 0.25) is 0 Å². The maximum atomic E-state index is 12.5. The van der Waals surface area contributed by atoms with Gasteiger partial charge in [-0.05, 0) is 50.6 Å². The highest BCUT2D eigenvalue weighted by atomic mass is 16.3. The minimum absolute atomic E-state index is 0. The van der Waals surface area contributed by atoms with Gasteiger partial charge in [-0.3, -0.25) is 4.79 Å². The third-order valence-electron chi connectivity index (χ3n) is 4.24. The number of hydrogen-bond donors (Lipinski definition) is 3. The molecular formula is C22H31N3O3. The molecule has 1 aromatic carbocycles. The molecule has 152 valence electrons. The van der Waals surface area contributed by atoms with Crippen LogP contribution >= 0.6 is 0 Å².